The lowest BCUT2D eigenvalue weighted by molar-refractivity contribution is -0.197. The second kappa shape index (κ2) is 6.60. The third-order valence-electron chi connectivity index (χ3n) is 8.82. The summed E-state index contributed by atoms with van der Waals surface area (Å²) in [4.78, 5) is 29.4. The highest BCUT2D eigenvalue weighted by atomic mass is 16.5. The van der Waals surface area contributed by atoms with Crippen LogP contribution in [0.1, 0.15) is 42.5 Å². The number of aromatic nitrogens is 1. The Balaban J connectivity index is 1.33. The van der Waals surface area contributed by atoms with Crippen molar-refractivity contribution in [2.24, 2.45) is 11.8 Å². The molecule has 2 bridgehead atoms. The smallest absolute Gasteiger partial charge is 0.237 e. The Bertz CT molecular complexity index is 1240. The van der Waals surface area contributed by atoms with E-state index in [1.54, 1.807) is 19.1 Å². The molecule has 3 aliphatic carbocycles. The molecule has 5 aliphatic rings. The molecule has 7 rings (SSSR count). The van der Waals surface area contributed by atoms with Crippen molar-refractivity contribution in [3.8, 4) is 11.5 Å². The Morgan fingerprint density at radius 3 is 2.91 bits per heavy atom. The van der Waals surface area contributed by atoms with Crippen molar-refractivity contribution >= 4 is 17.6 Å². The quantitative estimate of drug-likeness (QED) is 0.583. The van der Waals surface area contributed by atoms with Crippen molar-refractivity contribution in [1.82, 2.24) is 10.1 Å². The fraction of sp³-hybridized carbons (Fsp3) is 0.560. The number of Topliss-reactive ketones (excluding diaryl/α,β-unsaturated/α-hetero) is 1. The zero-order valence-corrected chi connectivity index (χ0v) is 18.9. The van der Waals surface area contributed by atoms with E-state index in [1.165, 1.54) is 12.8 Å². The normalized spacial score (nSPS) is 35.6. The van der Waals surface area contributed by atoms with Crippen molar-refractivity contribution in [2.75, 3.05) is 18.4 Å². The average molecular weight is 466 g/mol. The molecule has 1 saturated heterocycles. The Kier molecular flexibility index (Phi) is 3.98. The van der Waals surface area contributed by atoms with Crippen molar-refractivity contribution in [3.05, 3.63) is 35.0 Å². The molecule has 0 radical (unpaired) electrons. The third-order valence-corrected chi connectivity index (χ3v) is 8.82. The summed E-state index contributed by atoms with van der Waals surface area (Å²) in [5.41, 5.74) is 0.0804. The molecular weight excluding hydrogens is 438 g/mol. The molecule has 1 amide bonds. The van der Waals surface area contributed by atoms with Crippen LogP contribution in [0, 0.1) is 18.8 Å². The summed E-state index contributed by atoms with van der Waals surface area (Å²) < 4.78 is 11.3. The monoisotopic (exact) mass is 465 g/mol. The molecule has 178 valence electrons. The van der Waals surface area contributed by atoms with Crippen LogP contribution in [-0.4, -0.2) is 62.8 Å². The second-order valence-corrected chi connectivity index (χ2v) is 10.7. The van der Waals surface area contributed by atoms with E-state index >= 15 is 0 Å². The molecule has 1 aromatic heterocycles. The number of benzene rings is 1. The van der Waals surface area contributed by atoms with Crippen LogP contribution < -0.4 is 10.1 Å². The van der Waals surface area contributed by atoms with Gasteiger partial charge in [-0.1, -0.05) is 11.2 Å². The number of aliphatic hydroxyl groups is 1. The van der Waals surface area contributed by atoms with Gasteiger partial charge in [0, 0.05) is 24.2 Å². The van der Waals surface area contributed by atoms with Gasteiger partial charge < -0.3 is 19.5 Å². The highest BCUT2D eigenvalue weighted by molar-refractivity contribution is 6.10. The molecule has 9 heteroatoms. The summed E-state index contributed by atoms with van der Waals surface area (Å²) in [6.45, 7) is 3.40. The standard InChI is InChI=1S/C25H27N3O6/c1-12-8-18(34-27-12)26-23(31)15-10-25(32)17-9-14-4-5-16(29)21-19(14)24(25,22(33-21)20(15)30)6-7-28(17)11-13-2-3-13/h4-5,8,13,15,17,22,29,32H,2-3,6-7,9-11H2,1H3,(H,26,31)/t15?,17-,22+,24+,25-/m1/s1. The second-order valence-electron chi connectivity index (χ2n) is 10.7. The van der Waals surface area contributed by atoms with E-state index in [0.29, 0.717) is 24.5 Å². The number of amides is 1. The molecule has 2 aromatic rings. The third kappa shape index (κ3) is 2.49. The summed E-state index contributed by atoms with van der Waals surface area (Å²) in [7, 11) is 0. The first kappa shape index (κ1) is 20.5. The van der Waals surface area contributed by atoms with Crippen molar-refractivity contribution in [2.45, 2.75) is 62.2 Å². The first-order valence-electron chi connectivity index (χ1n) is 12.1. The van der Waals surface area contributed by atoms with Gasteiger partial charge >= 0.3 is 0 Å². The largest absolute Gasteiger partial charge is 0.504 e. The minimum Gasteiger partial charge on any atom is -0.504 e. The zero-order valence-electron chi connectivity index (χ0n) is 18.9. The van der Waals surface area contributed by atoms with Gasteiger partial charge in [0.2, 0.25) is 11.8 Å². The van der Waals surface area contributed by atoms with Crippen LogP contribution in [0.5, 0.6) is 11.5 Å². The highest BCUT2D eigenvalue weighted by Gasteiger charge is 2.75. The van der Waals surface area contributed by atoms with Gasteiger partial charge in [0.25, 0.3) is 0 Å². The predicted molar refractivity (Wildman–Crippen MR) is 119 cm³/mol. The lowest BCUT2D eigenvalue weighted by atomic mass is 9.47. The van der Waals surface area contributed by atoms with Crippen LogP contribution in [0.2, 0.25) is 0 Å². The number of ketones is 1. The number of ether oxygens (including phenoxy) is 1. The Morgan fingerprint density at radius 1 is 1.35 bits per heavy atom. The fourth-order valence-corrected chi connectivity index (χ4v) is 7.16. The molecule has 5 atom stereocenters. The first-order valence-corrected chi connectivity index (χ1v) is 12.1. The van der Waals surface area contributed by atoms with Gasteiger partial charge in [0.05, 0.1) is 16.7 Å². The number of rotatable bonds is 4. The molecule has 34 heavy (non-hydrogen) atoms. The van der Waals surface area contributed by atoms with E-state index in [-0.39, 0.29) is 35.6 Å². The van der Waals surface area contributed by atoms with Crippen molar-refractivity contribution in [1.29, 1.82) is 0 Å². The molecule has 2 aliphatic heterocycles. The summed E-state index contributed by atoms with van der Waals surface area (Å²) in [6, 6.07) is 4.85. The number of likely N-dealkylation sites (tertiary alicyclic amines) is 1. The van der Waals surface area contributed by atoms with Crippen molar-refractivity contribution < 1.29 is 29.1 Å². The van der Waals surface area contributed by atoms with Gasteiger partial charge in [-0.2, -0.15) is 0 Å². The molecule has 2 saturated carbocycles. The maximum absolute atomic E-state index is 13.8. The molecule has 1 spiro atoms. The lowest BCUT2D eigenvalue weighted by Crippen LogP contribution is -2.78. The van der Waals surface area contributed by atoms with E-state index in [1.807, 2.05) is 6.07 Å². The Labute approximate surface area is 196 Å². The predicted octanol–water partition coefficient (Wildman–Crippen LogP) is 1.69. The van der Waals surface area contributed by atoms with Gasteiger partial charge in [0.15, 0.2) is 23.4 Å². The summed E-state index contributed by atoms with van der Waals surface area (Å²) in [6.07, 6.45) is 2.52. The molecule has 1 aromatic carbocycles. The summed E-state index contributed by atoms with van der Waals surface area (Å²) in [5.74, 6) is -0.941. The van der Waals surface area contributed by atoms with Gasteiger partial charge in [-0.15, -0.1) is 0 Å². The molecular formula is C25H27N3O6. The molecule has 1 unspecified atom stereocenters. The van der Waals surface area contributed by atoms with Crippen LogP contribution in [0.15, 0.2) is 22.7 Å². The maximum Gasteiger partial charge on any atom is 0.237 e. The number of hydrogen-bond donors (Lipinski definition) is 3. The average Bonchev–Trinajstić information content (AvgIpc) is 3.41. The number of aromatic hydroxyl groups is 1. The van der Waals surface area contributed by atoms with E-state index in [9.17, 15) is 19.8 Å². The minimum absolute atomic E-state index is 0.00498. The highest BCUT2D eigenvalue weighted by Crippen LogP contribution is 2.65. The van der Waals surface area contributed by atoms with Crippen LogP contribution in [0.25, 0.3) is 0 Å². The Hall–Kier alpha value is -2.91. The molecule has 3 fully saturated rings. The zero-order chi connectivity index (χ0) is 23.4. The number of carbonyl (C=O) groups excluding carboxylic acids is 2. The number of carbonyl (C=O) groups is 2. The van der Waals surface area contributed by atoms with Gasteiger partial charge in [0.1, 0.15) is 5.92 Å². The van der Waals surface area contributed by atoms with E-state index < -0.39 is 28.9 Å². The van der Waals surface area contributed by atoms with Crippen LogP contribution >= 0.6 is 0 Å². The number of piperidine rings is 1. The van der Waals surface area contributed by atoms with Gasteiger partial charge in [-0.25, -0.2) is 0 Å². The summed E-state index contributed by atoms with van der Waals surface area (Å²) in [5, 5.41) is 29.6. The topological polar surface area (TPSA) is 125 Å². The molecule has 3 N–H and O–H groups in total. The fourth-order valence-electron chi connectivity index (χ4n) is 7.16. The van der Waals surface area contributed by atoms with Crippen LogP contribution in [0.3, 0.4) is 0 Å². The maximum atomic E-state index is 13.8. The number of aryl methyl sites for hydroxylation is 1. The number of nitrogens with one attached hydrogen (secondary N) is 1. The molecule has 3 heterocycles. The number of hydrogen-bond acceptors (Lipinski definition) is 8. The SMILES string of the molecule is Cc1cc(NC(=O)C2C[C@@]3(O)[C@H]4Cc5ccc(O)c6c5[C@@]3(CCN4CC3CC3)[C@@H](O6)C2=O)on1. The summed E-state index contributed by atoms with van der Waals surface area (Å²) >= 11 is 0. The number of phenolic OH excluding ortho intramolecular Hbond substituents is 1. The van der Waals surface area contributed by atoms with Gasteiger partial charge in [-0.3, -0.25) is 19.8 Å². The van der Waals surface area contributed by atoms with Crippen LogP contribution in [-0.2, 0) is 21.4 Å². The number of nitrogens with zero attached hydrogens (tertiary/aromatic N) is 2. The van der Waals surface area contributed by atoms with E-state index in [2.05, 4.69) is 15.4 Å². The molecule has 9 nitrogen and oxygen atoms in total. The first-order chi connectivity index (χ1) is 16.3. The van der Waals surface area contributed by atoms with E-state index in [0.717, 1.165) is 24.2 Å². The number of phenols is 1. The van der Waals surface area contributed by atoms with E-state index in [4.69, 9.17) is 9.26 Å². The Morgan fingerprint density at radius 2 is 2.18 bits per heavy atom. The van der Waals surface area contributed by atoms with Crippen LogP contribution in [0.4, 0.5) is 5.88 Å². The lowest BCUT2D eigenvalue weighted by Gasteiger charge is -2.63. The van der Waals surface area contributed by atoms with Crippen molar-refractivity contribution in [3.63, 3.8) is 0 Å². The minimum atomic E-state index is -1.34. The van der Waals surface area contributed by atoms with Gasteiger partial charge in [-0.05, 0) is 63.1 Å². The number of anilines is 1.